The van der Waals surface area contributed by atoms with Crippen LogP contribution < -0.4 is 15.2 Å². The molecule has 26 heavy (non-hydrogen) atoms. The van der Waals surface area contributed by atoms with Crippen LogP contribution in [0, 0.1) is 0 Å². The molecule has 4 rings (SSSR count). The average molecular weight is 422 g/mol. The van der Waals surface area contributed by atoms with Gasteiger partial charge in [0.15, 0.2) is 5.54 Å². The van der Waals surface area contributed by atoms with Crippen LogP contribution in [0.3, 0.4) is 0 Å². The Morgan fingerprint density at radius 1 is 1.35 bits per heavy atom. The molecule has 3 heterocycles. The first-order valence-electron chi connectivity index (χ1n) is 8.05. The number of hydrogen-bond acceptors (Lipinski definition) is 6. The van der Waals surface area contributed by atoms with Crippen molar-refractivity contribution in [1.82, 2.24) is 4.98 Å². The second-order valence-corrected chi connectivity index (χ2v) is 7.79. The third kappa shape index (κ3) is 2.88. The fourth-order valence-corrected chi connectivity index (χ4v) is 3.38. The smallest absolute Gasteiger partial charge is 0.283 e. The molecule has 1 aromatic carbocycles. The molecular formula is C18H17BrFN3O3. The van der Waals surface area contributed by atoms with Crippen LogP contribution in [-0.2, 0) is 10.3 Å². The Kier molecular flexibility index (Phi) is 3.83. The van der Waals surface area contributed by atoms with Crippen LogP contribution in [0.1, 0.15) is 25.0 Å². The van der Waals surface area contributed by atoms with Crippen molar-refractivity contribution < 1.29 is 18.6 Å². The topological polar surface area (TPSA) is 79.0 Å². The lowest BCUT2D eigenvalue weighted by Crippen LogP contribution is -2.31. The molecule has 2 aliphatic rings. The average Bonchev–Trinajstić information content (AvgIpc) is 2.96. The standard InChI is InChI=1S/C18H17BrFN3O3/c1-17(2,20)8-24-11-6-13-15(22-7-11)26-14-4-3-10(19)5-12(14)18(13)9-25-16(21)23-18/h3-7H,8-9H2,1-2H3,(H2,21,23)/t18-/m0/s1. The van der Waals surface area contributed by atoms with Gasteiger partial charge in [-0.15, -0.1) is 0 Å². The van der Waals surface area contributed by atoms with Crippen LogP contribution in [-0.4, -0.2) is 29.9 Å². The van der Waals surface area contributed by atoms with Gasteiger partial charge < -0.3 is 19.9 Å². The Hall–Kier alpha value is -2.35. The monoisotopic (exact) mass is 421 g/mol. The van der Waals surface area contributed by atoms with E-state index in [1.54, 1.807) is 6.07 Å². The molecule has 2 aromatic rings. The molecule has 0 fully saturated rings. The third-order valence-corrected chi connectivity index (χ3v) is 4.67. The highest BCUT2D eigenvalue weighted by atomic mass is 79.9. The molecule has 0 saturated carbocycles. The molecule has 0 radical (unpaired) electrons. The van der Waals surface area contributed by atoms with E-state index in [1.165, 1.54) is 20.0 Å². The second kappa shape index (κ2) is 5.84. The summed E-state index contributed by atoms with van der Waals surface area (Å²) < 4.78 is 31.6. The van der Waals surface area contributed by atoms with Gasteiger partial charge in [-0.3, -0.25) is 0 Å². The number of rotatable bonds is 3. The molecule has 8 heteroatoms. The van der Waals surface area contributed by atoms with Gasteiger partial charge in [-0.25, -0.2) is 14.4 Å². The molecule has 1 aromatic heterocycles. The van der Waals surface area contributed by atoms with E-state index >= 15 is 0 Å². The molecule has 0 unspecified atom stereocenters. The fraction of sp³-hybridized carbons (Fsp3) is 0.333. The van der Waals surface area contributed by atoms with E-state index in [1.807, 2.05) is 18.2 Å². The van der Waals surface area contributed by atoms with Crippen molar-refractivity contribution in [2.45, 2.75) is 25.1 Å². The van der Waals surface area contributed by atoms with Crippen LogP contribution in [0.15, 0.2) is 39.9 Å². The van der Waals surface area contributed by atoms with Gasteiger partial charge in [0, 0.05) is 10.0 Å². The summed E-state index contributed by atoms with van der Waals surface area (Å²) in [5, 5.41) is 0. The predicted octanol–water partition coefficient (Wildman–Crippen LogP) is 3.67. The molecule has 1 atom stereocenters. The molecule has 1 spiro atoms. The summed E-state index contributed by atoms with van der Waals surface area (Å²) in [4.78, 5) is 8.89. The SMILES string of the molecule is CC(C)(F)COc1cnc2c(c1)[C@]1(COC(N)=N1)c1cc(Br)ccc1O2. The van der Waals surface area contributed by atoms with Crippen LogP contribution in [0.25, 0.3) is 0 Å². The number of halogens is 2. The summed E-state index contributed by atoms with van der Waals surface area (Å²) in [6, 6.07) is 7.48. The van der Waals surface area contributed by atoms with E-state index < -0.39 is 11.2 Å². The Bertz CT molecular complexity index is 913. The largest absolute Gasteiger partial charge is 0.489 e. The maximum absolute atomic E-state index is 13.8. The third-order valence-electron chi connectivity index (χ3n) is 4.18. The minimum atomic E-state index is -1.46. The first kappa shape index (κ1) is 17.1. The number of alkyl halides is 1. The fourth-order valence-electron chi connectivity index (χ4n) is 3.02. The number of hydrogen-bond donors (Lipinski definition) is 1. The van der Waals surface area contributed by atoms with Crippen LogP contribution in [0.2, 0.25) is 0 Å². The minimum absolute atomic E-state index is 0.0919. The van der Waals surface area contributed by atoms with Crippen molar-refractivity contribution in [3.63, 3.8) is 0 Å². The van der Waals surface area contributed by atoms with E-state index in [0.29, 0.717) is 22.9 Å². The van der Waals surface area contributed by atoms with Crippen molar-refractivity contribution >= 4 is 22.0 Å². The predicted molar refractivity (Wildman–Crippen MR) is 97.5 cm³/mol. The van der Waals surface area contributed by atoms with Gasteiger partial charge in [0.25, 0.3) is 6.02 Å². The summed E-state index contributed by atoms with van der Waals surface area (Å²) in [5.41, 5.74) is 4.96. The Morgan fingerprint density at radius 3 is 2.85 bits per heavy atom. The van der Waals surface area contributed by atoms with Gasteiger partial charge in [-0.05, 0) is 38.1 Å². The summed E-state index contributed by atoms with van der Waals surface area (Å²) in [6.07, 6.45) is 1.50. The van der Waals surface area contributed by atoms with E-state index in [0.717, 1.165) is 10.0 Å². The number of nitrogens with zero attached hydrogens (tertiary/aromatic N) is 2. The zero-order valence-electron chi connectivity index (χ0n) is 14.3. The summed E-state index contributed by atoms with van der Waals surface area (Å²) in [6.45, 7) is 3.03. The number of amidine groups is 1. The van der Waals surface area contributed by atoms with E-state index in [2.05, 4.69) is 25.9 Å². The van der Waals surface area contributed by atoms with Gasteiger partial charge in [0.2, 0.25) is 5.88 Å². The van der Waals surface area contributed by atoms with Crippen molar-refractivity contribution in [3.8, 4) is 17.4 Å². The number of aliphatic imine (C=N–C) groups is 1. The molecule has 0 saturated heterocycles. The highest BCUT2D eigenvalue weighted by Gasteiger charge is 2.48. The second-order valence-electron chi connectivity index (χ2n) is 6.87. The van der Waals surface area contributed by atoms with Gasteiger partial charge >= 0.3 is 0 Å². The summed E-state index contributed by atoms with van der Waals surface area (Å²) in [7, 11) is 0. The quantitative estimate of drug-likeness (QED) is 0.817. The number of benzene rings is 1. The molecular weight excluding hydrogens is 405 g/mol. The number of aromatic nitrogens is 1. The van der Waals surface area contributed by atoms with Crippen molar-refractivity contribution in [3.05, 3.63) is 46.1 Å². The van der Waals surface area contributed by atoms with Crippen molar-refractivity contribution in [1.29, 1.82) is 0 Å². The summed E-state index contributed by atoms with van der Waals surface area (Å²) >= 11 is 3.48. The zero-order valence-corrected chi connectivity index (χ0v) is 15.8. The van der Waals surface area contributed by atoms with Gasteiger partial charge in [0.05, 0.1) is 11.8 Å². The number of pyridine rings is 1. The summed E-state index contributed by atoms with van der Waals surface area (Å²) in [5.74, 6) is 1.46. The molecule has 6 nitrogen and oxygen atoms in total. The molecule has 2 aliphatic heterocycles. The number of fused-ring (bicyclic) bond motifs is 4. The first-order chi connectivity index (χ1) is 12.3. The lowest BCUT2D eigenvalue weighted by molar-refractivity contribution is 0.120. The molecule has 0 aliphatic carbocycles. The van der Waals surface area contributed by atoms with Crippen molar-refractivity contribution in [2.24, 2.45) is 10.7 Å². The lowest BCUT2D eigenvalue weighted by Gasteiger charge is -2.32. The zero-order chi connectivity index (χ0) is 18.5. The maximum atomic E-state index is 13.8. The van der Waals surface area contributed by atoms with Gasteiger partial charge in [0.1, 0.15) is 30.4 Å². The Balaban J connectivity index is 1.83. The molecule has 0 bridgehead atoms. The van der Waals surface area contributed by atoms with E-state index in [4.69, 9.17) is 19.9 Å². The molecule has 0 amide bonds. The minimum Gasteiger partial charge on any atom is -0.489 e. The van der Waals surface area contributed by atoms with Crippen LogP contribution in [0.5, 0.6) is 17.4 Å². The highest BCUT2D eigenvalue weighted by Crippen LogP contribution is 2.51. The van der Waals surface area contributed by atoms with Crippen LogP contribution in [0.4, 0.5) is 4.39 Å². The highest BCUT2D eigenvalue weighted by molar-refractivity contribution is 9.10. The van der Waals surface area contributed by atoms with Crippen LogP contribution >= 0.6 is 15.9 Å². The Labute approximate surface area is 158 Å². The Morgan fingerprint density at radius 2 is 2.15 bits per heavy atom. The lowest BCUT2D eigenvalue weighted by atomic mass is 9.82. The van der Waals surface area contributed by atoms with Gasteiger partial charge in [-0.1, -0.05) is 15.9 Å². The van der Waals surface area contributed by atoms with Crippen molar-refractivity contribution in [2.75, 3.05) is 13.2 Å². The maximum Gasteiger partial charge on any atom is 0.283 e. The number of ether oxygens (including phenoxy) is 3. The van der Waals surface area contributed by atoms with Gasteiger partial charge in [-0.2, -0.15) is 0 Å². The molecule has 136 valence electrons. The van der Waals surface area contributed by atoms with E-state index in [9.17, 15) is 4.39 Å². The van der Waals surface area contributed by atoms with E-state index in [-0.39, 0.29) is 19.2 Å². The first-order valence-corrected chi connectivity index (χ1v) is 8.84. The number of nitrogens with two attached hydrogens (primary N) is 1. The normalized spacial score (nSPS) is 20.7. The molecule has 2 N–H and O–H groups in total.